The summed E-state index contributed by atoms with van der Waals surface area (Å²) in [5.41, 5.74) is 0. The van der Waals surface area contributed by atoms with Gasteiger partial charge >= 0.3 is 18.1 Å². The van der Waals surface area contributed by atoms with Crippen LogP contribution in [0.15, 0.2) is 12.4 Å². The van der Waals surface area contributed by atoms with Crippen LogP contribution in [0.2, 0.25) is 0 Å². The highest BCUT2D eigenvalue weighted by atomic mass is 19.3. The molecule has 1 nitrogen and oxygen atoms in total. The summed E-state index contributed by atoms with van der Waals surface area (Å²) < 4.78 is 86.4. The van der Waals surface area contributed by atoms with Crippen molar-refractivity contribution in [3.05, 3.63) is 12.4 Å². The lowest BCUT2D eigenvalue weighted by Gasteiger charge is -2.26. The molecule has 0 saturated heterocycles. The summed E-state index contributed by atoms with van der Waals surface area (Å²) in [4.78, 5) is 0. The normalized spacial score (nSPS) is 14.3. The summed E-state index contributed by atoms with van der Waals surface area (Å²) >= 11 is 0. The summed E-state index contributed by atoms with van der Waals surface area (Å²) in [6.45, 7) is 1.63. The molecule has 0 saturated carbocycles. The van der Waals surface area contributed by atoms with Crippen molar-refractivity contribution < 1.29 is 35.5 Å². The molecule has 0 aromatic heterocycles. The van der Waals surface area contributed by atoms with Crippen LogP contribution in [0.5, 0.6) is 0 Å². The molecule has 0 atom stereocenters. The van der Waals surface area contributed by atoms with Crippen molar-refractivity contribution in [1.29, 1.82) is 0 Å². The molecule has 0 aliphatic heterocycles. The third-order valence-corrected chi connectivity index (χ3v) is 1.08. The SMILES string of the molecule is C=C(F)C(F)(F)OC(F)(F)C(C)(F)F. The van der Waals surface area contributed by atoms with E-state index in [1.165, 1.54) is 0 Å². The fourth-order valence-electron chi connectivity index (χ4n) is 0.306. The van der Waals surface area contributed by atoms with E-state index in [2.05, 4.69) is 4.74 Å². The average molecular weight is 226 g/mol. The first kappa shape index (κ1) is 13.2. The van der Waals surface area contributed by atoms with Gasteiger partial charge in [-0.15, -0.1) is 0 Å². The number of halogens is 7. The molecule has 0 aromatic rings. The van der Waals surface area contributed by atoms with Gasteiger partial charge in [0.15, 0.2) is 5.83 Å². The van der Waals surface area contributed by atoms with Crippen LogP contribution >= 0.6 is 0 Å². The van der Waals surface area contributed by atoms with Crippen molar-refractivity contribution in [2.24, 2.45) is 0 Å². The Morgan fingerprint density at radius 3 is 1.64 bits per heavy atom. The van der Waals surface area contributed by atoms with Crippen LogP contribution in [0.1, 0.15) is 6.92 Å². The molecule has 0 aliphatic carbocycles. The van der Waals surface area contributed by atoms with Crippen molar-refractivity contribution in [2.45, 2.75) is 25.1 Å². The maximum atomic E-state index is 12.1. The minimum atomic E-state index is -5.48. The van der Waals surface area contributed by atoms with Gasteiger partial charge in [-0.05, 0) is 0 Å². The summed E-state index contributed by atoms with van der Waals surface area (Å²) in [6, 6.07) is 0. The fraction of sp³-hybridized carbons (Fsp3) is 0.667. The van der Waals surface area contributed by atoms with E-state index < -0.39 is 24.0 Å². The van der Waals surface area contributed by atoms with Gasteiger partial charge in [0.05, 0.1) is 0 Å². The highest BCUT2D eigenvalue weighted by Crippen LogP contribution is 2.41. The third kappa shape index (κ3) is 2.86. The van der Waals surface area contributed by atoms with Gasteiger partial charge in [-0.3, -0.25) is 0 Å². The topological polar surface area (TPSA) is 9.23 Å². The molecule has 0 aromatic carbocycles. The van der Waals surface area contributed by atoms with E-state index in [9.17, 15) is 30.7 Å². The summed E-state index contributed by atoms with van der Waals surface area (Å²) in [5, 5.41) is 0. The van der Waals surface area contributed by atoms with Crippen LogP contribution in [-0.4, -0.2) is 18.1 Å². The first-order valence-corrected chi connectivity index (χ1v) is 3.08. The second-order valence-corrected chi connectivity index (χ2v) is 2.43. The molecule has 0 fully saturated rings. The Labute approximate surface area is 74.1 Å². The van der Waals surface area contributed by atoms with E-state index in [1.54, 1.807) is 0 Å². The molecule has 0 heterocycles. The summed E-state index contributed by atoms with van der Waals surface area (Å²) in [7, 11) is 0. The Bertz CT molecular complexity index is 229. The predicted molar refractivity (Wildman–Crippen MR) is 31.8 cm³/mol. The number of ether oxygens (including phenoxy) is 1. The van der Waals surface area contributed by atoms with E-state index in [1.807, 2.05) is 6.58 Å². The Balaban J connectivity index is 4.76. The maximum Gasteiger partial charge on any atom is 0.423 e. The van der Waals surface area contributed by atoms with E-state index in [-0.39, 0.29) is 6.92 Å². The molecule has 0 spiro atoms. The van der Waals surface area contributed by atoms with Gasteiger partial charge in [0.2, 0.25) is 0 Å². The Morgan fingerprint density at radius 1 is 1.07 bits per heavy atom. The van der Waals surface area contributed by atoms with Gasteiger partial charge in [0.25, 0.3) is 0 Å². The third-order valence-electron chi connectivity index (χ3n) is 1.08. The molecule has 0 radical (unpaired) electrons. The van der Waals surface area contributed by atoms with Crippen molar-refractivity contribution in [1.82, 2.24) is 0 Å². The molecule has 14 heavy (non-hydrogen) atoms. The zero-order valence-corrected chi connectivity index (χ0v) is 6.76. The minimum Gasteiger partial charge on any atom is -0.245 e. The molecule has 0 amide bonds. The maximum absolute atomic E-state index is 12.1. The van der Waals surface area contributed by atoms with Gasteiger partial charge in [-0.2, -0.15) is 26.3 Å². The van der Waals surface area contributed by atoms with Crippen LogP contribution in [0.25, 0.3) is 0 Å². The van der Waals surface area contributed by atoms with Crippen LogP contribution in [0.4, 0.5) is 30.7 Å². The Kier molecular flexibility index (Phi) is 3.22. The number of hydrogen-bond acceptors (Lipinski definition) is 1. The molecule has 8 heteroatoms. The highest BCUT2D eigenvalue weighted by molar-refractivity contribution is 4.92. The van der Waals surface area contributed by atoms with Gasteiger partial charge in [0, 0.05) is 6.92 Å². The predicted octanol–water partition coefficient (Wildman–Crippen LogP) is 3.33. The second kappa shape index (κ2) is 3.41. The minimum absolute atomic E-state index is 0.343. The molecule has 0 unspecified atom stereocenters. The average Bonchev–Trinajstić information content (AvgIpc) is 1.80. The van der Waals surface area contributed by atoms with E-state index >= 15 is 0 Å². The van der Waals surface area contributed by atoms with Crippen LogP contribution in [-0.2, 0) is 4.74 Å². The lowest BCUT2D eigenvalue weighted by Crippen LogP contribution is -2.45. The van der Waals surface area contributed by atoms with E-state index in [0.29, 0.717) is 0 Å². The first-order valence-electron chi connectivity index (χ1n) is 3.08. The van der Waals surface area contributed by atoms with Crippen LogP contribution < -0.4 is 0 Å². The second-order valence-electron chi connectivity index (χ2n) is 2.43. The smallest absolute Gasteiger partial charge is 0.245 e. The molecule has 0 rings (SSSR count). The van der Waals surface area contributed by atoms with Crippen molar-refractivity contribution >= 4 is 0 Å². The zero-order valence-electron chi connectivity index (χ0n) is 6.76. The van der Waals surface area contributed by atoms with Crippen LogP contribution in [0.3, 0.4) is 0 Å². The van der Waals surface area contributed by atoms with E-state index in [0.717, 1.165) is 0 Å². The molecule has 0 N–H and O–H groups in total. The summed E-state index contributed by atoms with van der Waals surface area (Å²) in [5.74, 6) is -7.44. The first-order chi connectivity index (χ1) is 5.90. The molecule has 0 aliphatic rings. The van der Waals surface area contributed by atoms with E-state index in [4.69, 9.17) is 0 Å². The Hall–Kier alpha value is -0.790. The van der Waals surface area contributed by atoms with Crippen molar-refractivity contribution in [3.63, 3.8) is 0 Å². The number of rotatable bonds is 4. The van der Waals surface area contributed by atoms with Gasteiger partial charge in [-0.1, -0.05) is 6.58 Å². The molecule has 84 valence electrons. The lowest BCUT2D eigenvalue weighted by atomic mass is 10.3. The number of alkyl halides is 6. The van der Waals surface area contributed by atoms with Gasteiger partial charge in [0.1, 0.15) is 0 Å². The number of hydrogen-bond donors (Lipinski definition) is 0. The lowest BCUT2D eigenvalue weighted by molar-refractivity contribution is -0.419. The molecular formula is C6H5F7O. The van der Waals surface area contributed by atoms with Crippen molar-refractivity contribution in [3.8, 4) is 0 Å². The Morgan fingerprint density at radius 2 is 1.43 bits per heavy atom. The fourth-order valence-corrected chi connectivity index (χ4v) is 0.306. The summed E-state index contributed by atoms with van der Waals surface area (Å²) in [6.07, 6.45) is -10.6. The zero-order chi connectivity index (χ0) is 11.8. The monoisotopic (exact) mass is 226 g/mol. The standard InChI is InChI=1S/C6H5F7O/c1-3(7)5(10,11)14-6(12,13)4(2,8)9/h1H2,2H3. The van der Waals surface area contributed by atoms with Gasteiger partial charge in [-0.25, -0.2) is 9.13 Å². The molecule has 0 bridgehead atoms. The van der Waals surface area contributed by atoms with Gasteiger partial charge < -0.3 is 0 Å². The quantitative estimate of drug-likeness (QED) is 0.668. The largest absolute Gasteiger partial charge is 0.423 e. The van der Waals surface area contributed by atoms with Crippen LogP contribution in [0, 0.1) is 0 Å². The van der Waals surface area contributed by atoms with Crippen molar-refractivity contribution in [2.75, 3.05) is 0 Å². The molecular weight excluding hydrogens is 221 g/mol. The highest BCUT2D eigenvalue weighted by Gasteiger charge is 2.60.